The Kier molecular flexibility index (Phi) is 6.35. The van der Waals surface area contributed by atoms with Crippen LogP contribution in [0.3, 0.4) is 0 Å². The van der Waals surface area contributed by atoms with Gasteiger partial charge in [0, 0.05) is 13.3 Å². The van der Waals surface area contributed by atoms with Crippen LogP contribution in [0.1, 0.15) is 24.9 Å². The summed E-state index contributed by atoms with van der Waals surface area (Å²) < 4.78 is 6.45. The molecule has 0 radical (unpaired) electrons. The van der Waals surface area contributed by atoms with Gasteiger partial charge in [-0.25, -0.2) is 9.78 Å². The molecule has 9 heteroatoms. The molecule has 1 aromatic heterocycles. The number of carbonyl (C=O) groups is 2. The number of nitrogens with zero attached hydrogens (tertiary/aromatic N) is 2. The Hall–Kier alpha value is -3.95. The Morgan fingerprint density at radius 1 is 1.06 bits per heavy atom. The molecular weight excluding hydrogens is 464 g/mol. The van der Waals surface area contributed by atoms with Gasteiger partial charge in [0.1, 0.15) is 5.75 Å². The molecule has 0 saturated carbocycles. The van der Waals surface area contributed by atoms with E-state index in [1.165, 1.54) is 23.3 Å². The van der Waals surface area contributed by atoms with Gasteiger partial charge in [-0.05, 0) is 41.0 Å². The first-order valence-corrected chi connectivity index (χ1v) is 12.0. The minimum absolute atomic E-state index is 0.156. The molecule has 2 N–H and O–H groups in total. The van der Waals surface area contributed by atoms with Crippen LogP contribution < -0.4 is 15.4 Å². The molecular formula is C26H24N4O4S. The molecule has 0 spiro atoms. The third-order valence-electron chi connectivity index (χ3n) is 5.74. The normalized spacial score (nSPS) is 15.3. The van der Waals surface area contributed by atoms with Gasteiger partial charge in [-0.1, -0.05) is 53.8 Å². The first-order chi connectivity index (χ1) is 17.0. The molecule has 4 aromatic rings. The first-order valence-electron chi connectivity index (χ1n) is 11.2. The number of rotatable bonds is 5. The van der Waals surface area contributed by atoms with Crippen molar-refractivity contribution in [3.8, 4) is 16.9 Å². The van der Waals surface area contributed by atoms with Crippen molar-refractivity contribution in [1.29, 1.82) is 0 Å². The fourth-order valence-electron chi connectivity index (χ4n) is 4.11. The van der Waals surface area contributed by atoms with Crippen LogP contribution in [-0.4, -0.2) is 35.7 Å². The van der Waals surface area contributed by atoms with Gasteiger partial charge in [-0.2, -0.15) is 5.06 Å². The zero-order chi connectivity index (χ0) is 24.4. The third kappa shape index (κ3) is 4.82. The average Bonchev–Trinajstić information content (AvgIpc) is 3.50. The highest BCUT2D eigenvalue weighted by Crippen LogP contribution is 2.36. The third-order valence-corrected chi connectivity index (χ3v) is 6.67. The van der Waals surface area contributed by atoms with Crippen LogP contribution in [-0.2, 0) is 9.63 Å². The number of ether oxygens (including phenoxy) is 1. The second kappa shape index (κ2) is 9.73. The van der Waals surface area contributed by atoms with Gasteiger partial charge in [0.05, 0.1) is 35.7 Å². The van der Waals surface area contributed by atoms with E-state index in [1.54, 1.807) is 7.11 Å². The summed E-state index contributed by atoms with van der Waals surface area (Å²) in [4.78, 5) is 34.6. The van der Waals surface area contributed by atoms with E-state index in [-0.39, 0.29) is 18.0 Å². The molecule has 0 bridgehead atoms. The van der Waals surface area contributed by atoms with Crippen LogP contribution in [0.25, 0.3) is 21.3 Å². The number of urea groups is 1. The number of hydroxylamine groups is 2. The molecule has 0 unspecified atom stereocenters. The molecule has 35 heavy (non-hydrogen) atoms. The number of benzene rings is 3. The number of fused-ring (bicyclic) bond motifs is 1. The number of aromatic nitrogens is 1. The summed E-state index contributed by atoms with van der Waals surface area (Å²) in [5.74, 6) is 0.390. The number of amides is 3. The van der Waals surface area contributed by atoms with Gasteiger partial charge in [-0.15, -0.1) is 0 Å². The van der Waals surface area contributed by atoms with Gasteiger partial charge in [0.25, 0.3) is 0 Å². The fraction of sp³-hybridized carbons (Fsp3) is 0.192. The van der Waals surface area contributed by atoms with E-state index in [1.807, 2.05) is 66.7 Å². The largest absolute Gasteiger partial charge is 0.495 e. The molecule has 3 aromatic carbocycles. The SMILES string of the molecule is COc1ccc(-c2ccc3nc(NC(C)=O)sc3c2)cc1NC(=O)N1OCC[C@H]1c1ccccc1. The lowest BCUT2D eigenvalue weighted by molar-refractivity contribution is -0.114. The van der Waals surface area contributed by atoms with Crippen LogP contribution in [0.4, 0.5) is 15.6 Å². The van der Waals surface area contributed by atoms with Crippen molar-refractivity contribution in [3.63, 3.8) is 0 Å². The lowest BCUT2D eigenvalue weighted by Gasteiger charge is -2.23. The Labute approximate surface area is 206 Å². The number of methoxy groups -OCH3 is 1. The molecule has 8 nitrogen and oxygen atoms in total. The van der Waals surface area contributed by atoms with E-state index >= 15 is 0 Å². The lowest BCUT2D eigenvalue weighted by atomic mass is 10.0. The zero-order valence-electron chi connectivity index (χ0n) is 19.3. The van der Waals surface area contributed by atoms with E-state index in [2.05, 4.69) is 15.6 Å². The molecule has 1 aliphatic rings. The molecule has 1 atom stereocenters. The van der Waals surface area contributed by atoms with Gasteiger partial charge in [0.15, 0.2) is 5.13 Å². The van der Waals surface area contributed by atoms with E-state index in [9.17, 15) is 9.59 Å². The summed E-state index contributed by atoms with van der Waals surface area (Å²) in [7, 11) is 1.57. The van der Waals surface area contributed by atoms with Crippen molar-refractivity contribution in [2.75, 3.05) is 24.4 Å². The van der Waals surface area contributed by atoms with Crippen LogP contribution in [0.2, 0.25) is 0 Å². The maximum atomic E-state index is 13.2. The second-order valence-electron chi connectivity index (χ2n) is 8.10. The zero-order valence-corrected chi connectivity index (χ0v) is 20.1. The molecule has 1 fully saturated rings. The summed E-state index contributed by atoms with van der Waals surface area (Å²) in [5, 5.41) is 7.64. The topological polar surface area (TPSA) is 92.8 Å². The predicted molar refractivity (Wildman–Crippen MR) is 137 cm³/mol. The quantitative estimate of drug-likeness (QED) is 0.368. The maximum Gasteiger partial charge on any atom is 0.346 e. The standard InChI is InChI=1S/C26H24N4O4S/c1-16(31)27-25-28-20-10-8-19(15-24(20)35-25)18-9-11-23(33-2)21(14-18)29-26(32)30-22(12-13-34-30)17-6-4-3-5-7-17/h3-11,14-15,22H,12-13H2,1-2H3,(H,29,32)(H,27,28,31)/t22-/m0/s1. The lowest BCUT2D eigenvalue weighted by Crippen LogP contribution is -2.33. The van der Waals surface area contributed by atoms with E-state index in [0.717, 1.165) is 33.3 Å². The monoisotopic (exact) mass is 488 g/mol. The van der Waals surface area contributed by atoms with Crippen molar-refractivity contribution in [2.45, 2.75) is 19.4 Å². The molecule has 1 saturated heterocycles. The minimum Gasteiger partial charge on any atom is -0.495 e. The number of hydrogen-bond donors (Lipinski definition) is 2. The Bertz CT molecular complexity index is 1390. The molecule has 178 valence electrons. The second-order valence-corrected chi connectivity index (χ2v) is 9.13. The van der Waals surface area contributed by atoms with Gasteiger partial charge >= 0.3 is 6.03 Å². The first kappa shape index (κ1) is 22.8. The van der Waals surface area contributed by atoms with Crippen molar-refractivity contribution >= 4 is 44.3 Å². The highest BCUT2D eigenvalue weighted by molar-refractivity contribution is 7.22. The number of nitrogens with one attached hydrogen (secondary N) is 2. The van der Waals surface area contributed by atoms with Gasteiger partial charge < -0.3 is 15.4 Å². The van der Waals surface area contributed by atoms with Crippen molar-refractivity contribution in [2.24, 2.45) is 0 Å². The van der Waals surface area contributed by atoms with Gasteiger partial charge in [0.2, 0.25) is 5.91 Å². The average molecular weight is 489 g/mol. The molecule has 2 heterocycles. The number of anilines is 2. The number of carbonyl (C=O) groups excluding carboxylic acids is 2. The van der Waals surface area contributed by atoms with Crippen LogP contribution in [0, 0.1) is 0 Å². The summed E-state index contributed by atoms with van der Waals surface area (Å²) >= 11 is 1.41. The van der Waals surface area contributed by atoms with E-state index in [4.69, 9.17) is 9.57 Å². The summed E-state index contributed by atoms with van der Waals surface area (Å²) in [5.41, 5.74) is 4.23. The molecule has 3 amide bonds. The molecule has 0 aliphatic carbocycles. The Morgan fingerprint density at radius 2 is 1.83 bits per heavy atom. The molecule has 1 aliphatic heterocycles. The number of thiazole rings is 1. The van der Waals surface area contributed by atoms with Gasteiger partial charge in [-0.3, -0.25) is 9.63 Å². The van der Waals surface area contributed by atoms with Crippen molar-refractivity contribution in [3.05, 3.63) is 72.3 Å². The maximum absolute atomic E-state index is 13.2. The Morgan fingerprint density at radius 3 is 2.60 bits per heavy atom. The van der Waals surface area contributed by atoms with Crippen LogP contribution >= 0.6 is 11.3 Å². The fourth-order valence-corrected chi connectivity index (χ4v) is 5.06. The van der Waals surface area contributed by atoms with E-state index in [0.29, 0.717) is 23.2 Å². The highest BCUT2D eigenvalue weighted by Gasteiger charge is 2.32. The van der Waals surface area contributed by atoms with Crippen molar-refractivity contribution < 1.29 is 19.2 Å². The van der Waals surface area contributed by atoms with E-state index < -0.39 is 0 Å². The summed E-state index contributed by atoms with van der Waals surface area (Å²) in [6.07, 6.45) is 0.726. The van der Waals surface area contributed by atoms with Crippen molar-refractivity contribution in [1.82, 2.24) is 10.0 Å². The summed E-state index contributed by atoms with van der Waals surface area (Å²) in [6.45, 7) is 1.93. The predicted octanol–water partition coefficient (Wildman–Crippen LogP) is 5.84. The Balaban J connectivity index is 1.41. The number of hydrogen-bond acceptors (Lipinski definition) is 6. The minimum atomic E-state index is -0.357. The summed E-state index contributed by atoms with van der Waals surface area (Å²) in [6, 6.07) is 20.9. The van der Waals surface area contributed by atoms with Crippen LogP contribution in [0.15, 0.2) is 66.7 Å². The smallest absolute Gasteiger partial charge is 0.346 e. The van der Waals surface area contributed by atoms with Crippen LogP contribution in [0.5, 0.6) is 5.75 Å². The molecule has 5 rings (SSSR count). The highest BCUT2D eigenvalue weighted by atomic mass is 32.1.